The summed E-state index contributed by atoms with van der Waals surface area (Å²) in [7, 11) is 0. The second kappa shape index (κ2) is 18.5. The molecule has 1 heterocycles. The lowest BCUT2D eigenvalue weighted by molar-refractivity contribution is -0.156. The fraction of sp³-hybridized carbons (Fsp3) is 0.765. The maximum Gasteiger partial charge on any atom is 0.311 e. The minimum absolute atomic E-state index is 0.0510. The highest BCUT2D eigenvalue weighted by Crippen LogP contribution is 2.26. The molecular formula is C34H60O5. The molecule has 0 N–H and O–H groups in total. The number of unbranched alkanes of at least 4 members (excludes halogenated alkanes) is 1. The number of benzene rings is 1. The molecule has 5 nitrogen and oxygen atoms in total. The molecule has 39 heavy (non-hydrogen) atoms. The van der Waals surface area contributed by atoms with Crippen LogP contribution in [0, 0.1) is 16.7 Å². The van der Waals surface area contributed by atoms with Gasteiger partial charge in [-0.15, -0.1) is 0 Å². The molecule has 0 amide bonds. The number of hydrogen-bond acceptors (Lipinski definition) is 5. The molecule has 1 aliphatic heterocycles. The Kier molecular flexibility index (Phi) is 17.6. The highest BCUT2D eigenvalue weighted by Gasteiger charge is 2.30. The number of hydrogen-bond donors (Lipinski definition) is 0. The summed E-state index contributed by atoms with van der Waals surface area (Å²) in [6.07, 6.45) is 7.71. The van der Waals surface area contributed by atoms with Crippen LogP contribution < -0.4 is 0 Å². The van der Waals surface area contributed by atoms with Crippen LogP contribution in [0.3, 0.4) is 0 Å². The fourth-order valence-electron chi connectivity index (χ4n) is 3.20. The first-order valence-corrected chi connectivity index (χ1v) is 15.2. The summed E-state index contributed by atoms with van der Waals surface area (Å²) < 4.78 is 15.4. The molecular weight excluding hydrogens is 488 g/mol. The quantitative estimate of drug-likeness (QED) is 0.171. The summed E-state index contributed by atoms with van der Waals surface area (Å²) in [5.74, 6) is 0.363. The van der Waals surface area contributed by atoms with Crippen molar-refractivity contribution in [2.24, 2.45) is 16.7 Å². The number of rotatable bonds is 14. The van der Waals surface area contributed by atoms with E-state index in [4.69, 9.17) is 14.2 Å². The van der Waals surface area contributed by atoms with Crippen molar-refractivity contribution in [1.82, 2.24) is 0 Å². The lowest BCUT2D eigenvalue weighted by atomic mass is 9.82. The predicted molar refractivity (Wildman–Crippen MR) is 163 cm³/mol. The van der Waals surface area contributed by atoms with Gasteiger partial charge in [0.2, 0.25) is 0 Å². The van der Waals surface area contributed by atoms with E-state index in [0.717, 1.165) is 25.9 Å². The van der Waals surface area contributed by atoms with Gasteiger partial charge in [-0.1, -0.05) is 98.1 Å². The van der Waals surface area contributed by atoms with E-state index < -0.39 is 0 Å². The number of esters is 2. The molecule has 1 fully saturated rings. The number of carbonyl (C=O) groups excluding carboxylic acids is 2. The van der Waals surface area contributed by atoms with E-state index in [-0.39, 0.29) is 28.9 Å². The molecule has 0 aliphatic carbocycles. The van der Waals surface area contributed by atoms with Crippen LogP contribution in [0.4, 0.5) is 0 Å². The van der Waals surface area contributed by atoms with Gasteiger partial charge in [-0.2, -0.15) is 0 Å². The SMILES string of the molecule is CCC(C)(C)C(=O)OCC1CO1.CCC(C)(C)c1ccccc1.CCCCC(CC)COC(=O)C(C)(C)CC. The molecule has 1 aliphatic rings. The Morgan fingerprint density at radius 1 is 0.846 bits per heavy atom. The normalized spacial score (nSPS) is 15.6. The lowest BCUT2D eigenvalue weighted by Crippen LogP contribution is -2.27. The Labute approximate surface area is 240 Å². The molecule has 0 aromatic heterocycles. The highest BCUT2D eigenvalue weighted by atomic mass is 16.6. The number of ether oxygens (including phenoxy) is 3. The van der Waals surface area contributed by atoms with Crippen LogP contribution in [-0.2, 0) is 29.2 Å². The lowest BCUT2D eigenvalue weighted by Gasteiger charge is -2.22. The molecule has 0 spiro atoms. The van der Waals surface area contributed by atoms with Crippen molar-refractivity contribution in [2.75, 3.05) is 19.8 Å². The summed E-state index contributed by atoms with van der Waals surface area (Å²) in [5, 5.41) is 0. The average Bonchev–Trinajstić information content (AvgIpc) is 3.77. The van der Waals surface area contributed by atoms with Crippen LogP contribution in [0.15, 0.2) is 30.3 Å². The van der Waals surface area contributed by atoms with E-state index in [1.165, 1.54) is 31.2 Å². The van der Waals surface area contributed by atoms with E-state index in [1.807, 2.05) is 41.5 Å². The Morgan fingerprint density at radius 2 is 1.36 bits per heavy atom. The molecule has 226 valence electrons. The van der Waals surface area contributed by atoms with Crippen molar-refractivity contribution in [3.8, 4) is 0 Å². The van der Waals surface area contributed by atoms with Gasteiger partial charge >= 0.3 is 11.9 Å². The summed E-state index contributed by atoms with van der Waals surface area (Å²) in [5.41, 5.74) is 1.08. The van der Waals surface area contributed by atoms with Crippen LogP contribution in [0.25, 0.3) is 0 Å². The van der Waals surface area contributed by atoms with Crippen molar-refractivity contribution in [2.45, 2.75) is 133 Å². The monoisotopic (exact) mass is 548 g/mol. The smallest absolute Gasteiger partial charge is 0.311 e. The molecule has 1 aromatic rings. The Morgan fingerprint density at radius 3 is 1.77 bits per heavy atom. The molecule has 2 unspecified atom stereocenters. The Hall–Kier alpha value is -1.88. The van der Waals surface area contributed by atoms with Gasteiger partial charge in [0.1, 0.15) is 12.7 Å². The second-order valence-electron chi connectivity index (χ2n) is 12.6. The van der Waals surface area contributed by atoms with Crippen molar-refractivity contribution in [3.63, 3.8) is 0 Å². The van der Waals surface area contributed by atoms with Gasteiger partial charge in [-0.05, 0) is 70.3 Å². The van der Waals surface area contributed by atoms with Gasteiger partial charge in [0, 0.05) is 0 Å². The van der Waals surface area contributed by atoms with E-state index in [9.17, 15) is 9.59 Å². The first kappa shape index (κ1) is 37.1. The van der Waals surface area contributed by atoms with Gasteiger partial charge in [0.25, 0.3) is 0 Å². The first-order chi connectivity index (χ1) is 18.2. The summed E-state index contributed by atoms with van der Waals surface area (Å²) in [6, 6.07) is 10.7. The molecule has 2 rings (SSSR count). The van der Waals surface area contributed by atoms with Crippen LogP contribution in [0.5, 0.6) is 0 Å². The third-order valence-electron chi connectivity index (χ3n) is 8.11. The van der Waals surface area contributed by atoms with Crippen molar-refractivity contribution >= 4 is 11.9 Å². The van der Waals surface area contributed by atoms with Crippen LogP contribution >= 0.6 is 0 Å². The van der Waals surface area contributed by atoms with Crippen LogP contribution in [0.2, 0.25) is 0 Å². The van der Waals surface area contributed by atoms with Gasteiger partial charge < -0.3 is 14.2 Å². The standard InChI is InChI=1S/C14H28O2.C11H16.C9H16O3/c1-6-9-10-12(7-2)11-16-13(15)14(4,5)8-3;1-4-11(2,3)10-8-6-5-7-9-10;1-4-9(2,3)8(10)12-6-7-5-11-7/h12H,6-11H2,1-5H3;5-9H,4H2,1-3H3;7H,4-6H2,1-3H3. The zero-order valence-electron chi connectivity index (χ0n) is 27.2. The van der Waals surface area contributed by atoms with Gasteiger partial charge in [0.15, 0.2) is 0 Å². The maximum atomic E-state index is 11.8. The third kappa shape index (κ3) is 15.5. The predicted octanol–water partition coefficient (Wildman–Crippen LogP) is 8.92. The summed E-state index contributed by atoms with van der Waals surface area (Å²) in [6.45, 7) is 24.6. The van der Waals surface area contributed by atoms with Gasteiger partial charge in [-0.3, -0.25) is 9.59 Å². The average molecular weight is 549 g/mol. The van der Waals surface area contributed by atoms with E-state index in [0.29, 0.717) is 24.5 Å². The van der Waals surface area contributed by atoms with Crippen LogP contribution in [0.1, 0.15) is 127 Å². The molecule has 0 saturated carbocycles. The Balaban J connectivity index is 0.000000566. The van der Waals surface area contributed by atoms with Crippen molar-refractivity contribution in [1.29, 1.82) is 0 Å². The molecule has 5 heteroatoms. The van der Waals surface area contributed by atoms with Crippen LogP contribution in [-0.4, -0.2) is 37.9 Å². The van der Waals surface area contributed by atoms with Gasteiger partial charge in [0.05, 0.1) is 24.0 Å². The second-order valence-corrected chi connectivity index (χ2v) is 12.6. The zero-order chi connectivity index (χ0) is 30.1. The highest BCUT2D eigenvalue weighted by molar-refractivity contribution is 5.76. The van der Waals surface area contributed by atoms with Crippen molar-refractivity contribution < 1.29 is 23.8 Å². The topological polar surface area (TPSA) is 65.1 Å². The fourth-order valence-corrected chi connectivity index (χ4v) is 3.20. The van der Waals surface area contributed by atoms with E-state index in [2.05, 4.69) is 65.0 Å². The minimum atomic E-state index is -0.352. The maximum absolute atomic E-state index is 11.8. The number of carbonyl (C=O) groups is 2. The Bertz CT molecular complexity index is 793. The molecule has 0 radical (unpaired) electrons. The van der Waals surface area contributed by atoms with Gasteiger partial charge in [-0.25, -0.2) is 0 Å². The first-order valence-electron chi connectivity index (χ1n) is 15.2. The third-order valence-corrected chi connectivity index (χ3v) is 8.11. The molecule has 1 aromatic carbocycles. The van der Waals surface area contributed by atoms with Crippen molar-refractivity contribution in [3.05, 3.63) is 35.9 Å². The summed E-state index contributed by atoms with van der Waals surface area (Å²) in [4.78, 5) is 23.1. The minimum Gasteiger partial charge on any atom is -0.465 e. The van der Waals surface area contributed by atoms with E-state index in [1.54, 1.807) is 0 Å². The summed E-state index contributed by atoms with van der Waals surface area (Å²) >= 11 is 0. The molecule has 0 bridgehead atoms. The largest absolute Gasteiger partial charge is 0.465 e. The zero-order valence-corrected chi connectivity index (χ0v) is 27.2. The van der Waals surface area contributed by atoms with E-state index >= 15 is 0 Å². The molecule has 1 saturated heterocycles. The molecule has 2 atom stereocenters. The number of epoxide rings is 1.